The molecule has 0 amide bonds. The summed E-state index contributed by atoms with van der Waals surface area (Å²) < 4.78 is 5.98. The molecule has 1 N–H and O–H groups in total. The monoisotopic (exact) mass is 238 g/mol. The summed E-state index contributed by atoms with van der Waals surface area (Å²) in [4.78, 5) is 1.10. The van der Waals surface area contributed by atoms with Gasteiger partial charge < -0.3 is 9.84 Å². The summed E-state index contributed by atoms with van der Waals surface area (Å²) in [5, 5.41) is 9.47. The molecule has 0 bridgehead atoms. The first-order chi connectivity index (χ1) is 7.79. The largest absolute Gasteiger partial charge is 0.508 e. The van der Waals surface area contributed by atoms with E-state index in [1.54, 1.807) is 23.9 Å². The van der Waals surface area contributed by atoms with Gasteiger partial charge >= 0.3 is 0 Å². The first kappa shape index (κ1) is 11.6. The van der Waals surface area contributed by atoms with Crippen LogP contribution in [-0.4, -0.2) is 17.5 Å². The minimum absolute atomic E-state index is 0.281. The molecule has 0 saturated heterocycles. The highest BCUT2D eigenvalue weighted by molar-refractivity contribution is 7.98. The van der Waals surface area contributed by atoms with Gasteiger partial charge in [-0.25, -0.2) is 0 Å². The molecule has 16 heavy (non-hydrogen) atoms. The van der Waals surface area contributed by atoms with Gasteiger partial charge in [0.1, 0.15) is 11.5 Å². The van der Waals surface area contributed by atoms with Crippen molar-refractivity contribution in [3.8, 4) is 11.5 Å². The molecule has 0 unspecified atom stereocenters. The molecule has 3 heteroatoms. The maximum atomic E-state index is 9.47. The zero-order valence-electron chi connectivity index (χ0n) is 9.61. The van der Waals surface area contributed by atoms with E-state index in [4.69, 9.17) is 4.74 Å². The Balaban J connectivity index is 2.09. The number of ether oxygens (including phenoxy) is 1. The maximum absolute atomic E-state index is 9.47. The van der Waals surface area contributed by atoms with Crippen LogP contribution in [0, 0.1) is 0 Å². The Kier molecular flexibility index (Phi) is 3.99. The van der Waals surface area contributed by atoms with E-state index in [1.807, 2.05) is 12.3 Å². The van der Waals surface area contributed by atoms with Crippen molar-refractivity contribution in [2.24, 2.45) is 0 Å². The third-order valence-electron chi connectivity index (χ3n) is 2.99. The van der Waals surface area contributed by atoms with Crippen LogP contribution in [0.25, 0.3) is 0 Å². The first-order valence-corrected chi connectivity index (χ1v) is 7.06. The summed E-state index contributed by atoms with van der Waals surface area (Å²) in [6.45, 7) is 0. The molecule has 0 atom stereocenters. The Morgan fingerprint density at radius 1 is 1.25 bits per heavy atom. The lowest BCUT2D eigenvalue weighted by atomic mass is 9.98. The number of phenolic OH excluding ortho intramolecular Hbond substituents is 1. The topological polar surface area (TPSA) is 29.5 Å². The number of hydrogen-bond donors (Lipinski definition) is 1. The van der Waals surface area contributed by atoms with Crippen LogP contribution < -0.4 is 4.74 Å². The minimum Gasteiger partial charge on any atom is -0.508 e. The molecule has 0 aliphatic heterocycles. The van der Waals surface area contributed by atoms with E-state index in [1.165, 1.54) is 19.3 Å². The van der Waals surface area contributed by atoms with Crippen molar-refractivity contribution < 1.29 is 9.84 Å². The van der Waals surface area contributed by atoms with Gasteiger partial charge in [-0.15, -0.1) is 11.8 Å². The molecule has 0 aromatic heterocycles. The van der Waals surface area contributed by atoms with Crippen molar-refractivity contribution in [3.05, 3.63) is 18.2 Å². The lowest BCUT2D eigenvalue weighted by molar-refractivity contribution is 0.151. The molecule has 1 fully saturated rings. The average molecular weight is 238 g/mol. The van der Waals surface area contributed by atoms with Crippen LogP contribution >= 0.6 is 11.8 Å². The van der Waals surface area contributed by atoms with Crippen molar-refractivity contribution in [2.45, 2.75) is 43.1 Å². The lowest BCUT2D eigenvalue weighted by Crippen LogP contribution is -2.19. The van der Waals surface area contributed by atoms with E-state index in [2.05, 4.69) is 0 Å². The molecule has 1 aliphatic carbocycles. The van der Waals surface area contributed by atoms with Crippen LogP contribution in [0.3, 0.4) is 0 Å². The van der Waals surface area contributed by atoms with E-state index >= 15 is 0 Å². The van der Waals surface area contributed by atoms with Crippen molar-refractivity contribution in [1.82, 2.24) is 0 Å². The number of aromatic hydroxyl groups is 1. The normalized spacial score (nSPS) is 17.3. The fourth-order valence-electron chi connectivity index (χ4n) is 2.12. The van der Waals surface area contributed by atoms with Crippen molar-refractivity contribution in [3.63, 3.8) is 0 Å². The van der Waals surface area contributed by atoms with E-state index in [0.29, 0.717) is 6.10 Å². The molecule has 1 saturated carbocycles. The second-order valence-electron chi connectivity index (χ2n) is 4.21. The van der Waals surface area contributed by atoms with E-state index < -0.39 is 0 Å². The Morgan fingerprint density at radius 3 is 2.69 bits per heavy atom. The van der Waals surface area contributed by atoms with Crippen molar-refractivity contribution in [2.75, 3.05) is 6.26 Å². The van der Waals surface area contributed by atoms with Gasteiger partial charge in [-0.1, -0.05) is 6.42 Å². The summed E-state index contributed by atoms with van der Waals surface area (Å²) >= 11 is 1.66. The fourth-order valence-corrected chi connectivity index (χ4v) is 2.63. The smallest absolute Gasteiger partial charge is 0.136 e. The van der Waals surface area contributed by atoms with Crippen molar-refractivity contribution >= 4 is 11.8 Å². The SMILES string of the molecule is CSc1ccc(O)cc1OC1CCCCC1. The van der Waals surface area contributed by atoms with Gasteiger partial charge in [0.2, 0.25) is 0 Å². The summed E-state index contributed by atoms with van der Waals surface area (Å²) in [5.41, 5.74) is 0. The molecular formula is C13H18O2S. The molecule has 88 valence electrons. The Labute approximate surface area is 101 Å². The molecular weight excluding hydrogens is 220 g/mol. The lowest BCUT2D eigenvalue weighted by Gasteiger charge is -2.24. The number of hydrogen-bond acceptors (Lipinski definition) is 3. The zero-order chi connectivity index (χ0) is 11.4. The molecule has 1 aromatic carbocycles. The summed E-state index contributed by atoms with van der Waals surface area (Å²) in [6, 6.07) is 5.35. The average Bonchev–Trinajstić information content (AvgIpc) is 2.31. The summed E-state index contributed by atoms with van der Waals surface area (Å²) in [7, 11) is 0. The number of phenols is 1. The number of thioether (sulfide) groups is 1. The van der Waals surface area contributed by atoms with E-state index in [-0.39, 0.29) is 5.75 Å². The Morgan fingerprint density at radius 2 is 2.00 bits per heavy atom. The van der Waals surface area contributed by atoms with Gasteiger partial charge in [0, 0.05) is 11.0 Å². The molecule has 0 spiro atoms. The minimum atomic E-state index is 0.281. The van der Waals surface area contributed by atoms with E-state index in [0.717, 1.165) is 23.5 Å². The van der Waals surface area contributed by atoms with Crippen LogP contribution in [0.1, 0.15) is 32.1 Å². The molecule has 0 heterocycles. The molecule has 1 aromatic rings. The highest BCUT2D eigenvalue weighted by Gasteiger charge is 2.16. The fraction of sp³-hybridized carbons (Fsp3) is 0.538. The number of benzene rings is 1. The molecule has 1 aliphatic rings. The van der Waals surface area contributed by atoms with Gasteiger partial charge in [-0.2, -0.15) is 0 Å². The molecule has 0 radical (unpaired) electrons. The van der Waals surface area contributed by atoms with Crippen LogP contribution in [-0.2, 0) is 0 Å². The number of rotatable bonds is 3. The van der Waals surface area contributed by atoms with Gasteiger partial charge in [-0.3, -0.25) is 0 Å². The van der Waals surface area contributed by atoms with Crippen LogP contribution in [0.2, 0.25) is 0 Å². The summed E-state index contributed by atoms with van der Waals surface area (Å²) in [5.74, 6) is 1.11. The van der Waals surface area contributed by atoms with Crippen LogP contribution in [0.4, 0.5) is 0 Å². The Bertz CT molecular complexity index is 346. The Hall–Kier alpha value is -0.830. The van der Waals surface area contributed by atoms with Crippen molar-refractivity contribution in [1.29, 1.82) is 0 Å². The quantitative estimate of drug-likeness (QED) is 0.812. The van der Waals surface area contributed by atoms with Crippen LogP contribution in [0.5, 0.6) is 11.5 Å². The molecule has 2 rings (SSSR count). The third kappa shape index (κ3) is 2.85. The maximum Gasteiger partial charge on any atom is 0.136 e. The predicted molar refractivity (Wildman–Crippen MR) is 67.4 cm³/mol. The van der Waals surface area contributed by atoms with Gasteiger partial charge in [0.15, 0.2) is 0 Å². The van der Waals surface area contributed by atoms with Gasteiger partial charge in [-0.05, 0) is 44.1 Å². The first-order valence-electron chi connectivity index (χ1n) is 5.83. The second kappa shape index (κ2) is 5.48. The second-order valence-corrected chi connectivity index (χ2v) is 5.06. The highest BCUT2D eigenvalue weighted by atomic mass is 32.2. The zero-order valence-corrected chi connectivity index (χ0v) is 10.4. The van der Waals surface area contributed by atoms with Gasteiger partial charge in [0.05, 0.1) is 6.10 Å². The summed E-state index contributed by atoms with van der Waals surface area (Å²) in [6.07, 6.45) is 8.50. The third-order valence-corrected chi connectivity index (χ3v) is 3.77. The predicted octanol–water partition coefficient (Wildman–Crippen LogP) is 3.83. The highest BCUT2D eigenvalue weighted by Crippen LogP contribution is 2.33. The molecule has 2 nitrogen and oxygen atoms in total. The van der Waals surface area contributed by atoms with Crippen LogP contribution in [0.15, 0.2) is 23.1 Å². The van der Waals surface area contributed by atoms with E-state index in [9.17, 15) is 5.11 Å². The van der Waals surface area contributed by atoms with Gasteiger partial charge in [0.25, 0.3) is 0 Å². The standard InChI is InChI=1S/C13H18O2S/c1-16-13-8-7-10(14)9-12(13)15-11-5-3-2-4-6-11/h7-9,11,14H,2-6H2,1H3.